The fourth-order valence-electron chi connectivity index (χ4n) is 1.82. The maximum absolute atomic E-state index is 12.0. The van der Waals surface area contributed by atoms with Gasteiger partial charge in [0.2, 0.25) is 0 Å². The second-order valence-corrected chi connectivity index (χ2v) is 6.56. The number of nitrogens with zero attached hydrogens (tertiary/aromatic N) is 1. The van der Waals surface area contributed by atoms with Crippen LogP contribution in [-0.2, 0) is 9.09 Å². The summed E-state index contributed by atoms with van der Waals surface area (Å²) in [6, 6.07) is 0. The van der Waals surface area contributed by atoms with Crippen LogP contribution in [0, 0.1) is 0 Å². The molecule has 1 N–H and O–H groups in total. The summed E-state index contributed by atoms with van der Waals surface area (Å²) in [5, 5.41) is -0.354. The molecule has 0 aromatic heterocycles. The molecule has 0 aliphatic carbocycles. The first-order chi connectivity index (χ1) is 8.06. The van der Waals surface area contributed by atoms with Gasteiger partial charge >= 0.3 is 7.75 Å². The SMILES string of the molecule is CC=CC(Cl)COP(=O)(O)N1CCCCCC1. The first kappa shape index (κ1) is 15.2. The first-order valence-corrected chi connectivity index (χ1v) is 8.02. The summed E-state index contributed by atoms with van der Waals surface area (Å²) < 4.78 is 18.7. The number of alkyl halides is 1. The molecule has 0 bridgehead atoms. The van der Waals surface area contributed by atoms with E-state index in [1.165, 1.54) is 0 Å². The third-order valence-electron chi connectivity index (χ3n) is 2.74. The average molecular weight is 282 g/mol. The molecule has 1 saturated heterocycles. The lowest BCUT2D eigenvalue weighted by Crippen LogP contribution is -2.23. The molecule has 0 radical (unpaired) electrons. The van der Waals surface area contributed by atoms with E-state index < -0.39 is 7.75 Å². The van der Waals surface area contributed by atoms with Crippen LogP contribution in [-0.4, -0.2) is 34.6 Å². The lowest BCUT2D eigenvalue weighted by molar-refractivity contribution is 0.206. The summed E-state index contributed by atoms with van der Waals surface area (Å²) in [5.74, 6) is 0. The summed E-state index contributed by atoms with van der Waals surface area (Å²) in [6.07, 6.45) is 7.68. The number of allylic oxidation sites excluding steroid dienone is 1. The third kappa shape index (κ3) is 5.54. The topological polar surface area (TPSA) is 49.8 Å². The highest BCUT2D eigenvalue weighted by Crippen LogP contribution is 2.47. The van der Waals surface area contributed by atoms with Crippen molar-refractivity contribution < 1.29 is 14.0 Å². The second kappa shape index (κ2) is 7.55. The summed E-state index contributed by atoms with van der Waals surface area (Å²) in [6.45, 7) is 3.17. The molecule has 0 spiro atoms. The molecule has 2 atom stereocenters. The van der Waals surface area contributed by atoms with Gasteiger partial charge in [-0.3, -0.25) is 4.52 Å². The van der Waals surface area contributed by atoms with Gasteiger partial charge in [0.05, 0.1) is 12.0 Å². The van der Waals surface area contributed by atoms with Gasteiger partial charge in [-0.05, 0) is 19.8 Å². The average Bonchev–Trinajstić information content (AvgIpc) is 2.56. The Hall–Kier alpha value is 0.140. The Morgan fingerprint density at radius 2 is 2.00 bits per heavy atom. The normalized spacial score (nSPS) is 24.4. The van der Waals surface area contributed by atoms with E-state index in [-0.39, 0.29) is 12.0 Å². The van der Waals surface area contributed by atoms with E-state index in [1.807, 2.05) is 6.92 Å². The molecule has 1 aliphatic heterocycles. The van der Waals surface area contributed by atoms with Gasteiger partial charge in [-0.25, -0.2) is 9.24 Å². The highest BCUT2D eigenvalue weighted by molar-refractivity contribution is 7.50. The van der Waals surface area contributed by atoms with Crippen LogP contribution in [0.4, 0.5) is 0 Å². The van der Waals surface area contributed by atoms with E-state index >= 15 is 0 Å². The molecule has 1 heterocycles. The van der Waals surface area contributed by atoms with Crippen molar-refractivity contribution in [1.29, 1.82) is 0 Å². The van der Waals surface area contributed by atoms with Crippen LogP contribution < -0.4 is 0 Å². The summed E-state index contributed by atoms with van der Waals surface area (Å²) in [7, 11) is -3.66. The molecule has 0 saturated carbocycles. The minimum Gasteiger partial charge on any atom is -0.312 e. The Morgan fingerprint density at radius 3 is 2.53 bits per heavy atom. The van der Waals surface area contributed by atoms with Crippen LogP contribution in [0.3, 0.4) is 0 Å². The van der Waals surface area contributed by atoms with Gasteiger partial charge < -0.3 is 4.89 Å². The second-order valence-electron chi connectivity index (χ2n) is 4.20. The van der Waals surface area contributed by atoms with Gasteiger partial charge in [-0.2, -0.15) is 0 Å². The number of hydrogen-bond donors (Lipinski definition) is 1. The van der Waals surface area contributed by atoms with Gasteiger partial charge in [0.15, 0.2) is 0 Å². The first-order valence-electron chi connectivity index (χ1n) is 6.06. The summed E-state index contributed by atoms with van der Waals surface area (Å²) in [4.78, 5) is 9.86. The smallest absolute Gasteiger partial charge is 0.312 e. The van der Waals surface area contributed by atoms with Crippen molar-refractivity contribution in [3.63, 3.8) is 0 Å². The molecule has 4 nitrogen and oxygen atoms in total. The van der Waals surface area contributed by atoms with Crippen molar-refractivity contribution in [2.24, 2.45) is 0 Å². The molecular formula is C11H21ClNO3P. The quantitative estimate of drug-likeness (QED) is 0.478. The molecule has 2 unspecified atom stereocenters. The molecule has 1 fully saturated rings. The zero-order valence-corrected chi connectivity index (χ0v) is 11.9. The fourth-order valence-corrected chi connectivity index (χ4v) is 3.42. The van der Waals surface area contributed by atoms with Crippen molar-refractivity contribution in [3.05, 3.63) is 12.2 Å². The molecule has 1 aliphatic rings. The van der Waals surface area contributed by atoms with Crippen LogP contribution in [0.1, 0.15) is 32.6 Å². The third-order valence-corrected chi connectivity index (χ3v) is 4.61. The van der Waals surface area contributed by atoms with Gasteiger partial charge in [-0.1, -0.05) is 25.0 Å². The van der Waals surface area contributed by atoms with E-state index in [2.05, 4.69) is 0 Å². The molecule has 0 amide bonds. The number of halogens is 1. The minimum atomic E-state index is -3.66. The van der Waals surface area contributed by atoms with Crippen LogP contribution in [0.5, 0.6) is 0 Å². The largest absolute Gasteiger partial charge is 0.405 e. The Balaban J connectivity index is 2.45. The zero-order chi connectivity index (χ0) is 12.7. The molecular weight excluding hydrogens is 261 g/mol. The lowest BCUT2D eigenvalue weighted by Gasteiger charge is -2.25. The predicted octanol–water partition coefficient (Wildman–Crippen LogP) is 3.16. The predicted molar refractivity (Wildman–Crippen MR) is 70.3 cm³/mol. The molecule has 6 heteroatoms. The Morgan fingerprint density at radius 1 is 1.41 bits per heavy atom. The van der Waals surface area contributed by atoms with E-state index in [4.69, 9.17) is 16.1 Å². The Labute approximate surface area is 108 Å². The highest BCUT2D eigenvalue weighted by Gasteiger charge is 2.30. The summed E-state index contributed by atoms with van der Waals surface area (Å²) >= 11 is 5.90. The highest BCUT2D eigenvalue weighted by atomic mass is 35.5. The molecule has 17 heavy (non-hydrogen) atoms. The van der Waals surface area contributed by atoms with Gasteiger partial charge in [0.25, 0.3) is 0 Å². The van der Waals surface area contributed by atoms with Crippen LogP contribution >= 0.6 is 19.3 Å². The van der Waals surface area contributed by atoms with E-state index in [1.54, 1.807) is 16.8 Å². The maximum atomic E-state index is 12.0. The molecule has 100 valence electrons. The fraction of sp³-hybridized carbons (Fsp3) is 0.818. The monoisotopic (exact) mass is 281 g/mol. The van der Waals surface area contributed by atoms with E-state index in [9.17, 15) is 9.46 Å². The minimum absolute atomic E-state index is 0.0656. The molecule has 0 aromatic rings. The van der Waals surface area contributed by atoms with Crippen molar-refractivity contribution in [2.75, 3.05) is 19.7 Å². The van der Waals surface area contributed by atoms with Crippen molar-refractivity contribution in [3.8, 4) is 0 Å². The molecule has 0 aromatic carbocycles. The lowest BCUT2D eigenvalue weighted by atomic mass is 10.2. The van der Waals surface area contributed by atoms with E-state index in [0.717, 1.165) is 25.7 Å². The van der Waals surface area contributed by atoms with Crippen LogP contribution in [0.25, 0.3) is 0 Å². The Kier molecular flexibility index (Phi) is 6.75. The number of hydrogen-bond acceptors (Lipinski definition) is 2. The molecule has 1 rings (SSSR count). The van der Waals surface area contributed by atoms with Gasteiger partial charge in [-0.15, -0.1) is 11.6 Å². The standard InChI is InChI=1S/C11H21ClNO3P/c1-2-7-11(12)10-16-17(14,15)13-8-5-3-4-6-9-13/h2,7,11H,3-6,8-10H2,1H3,(H,14,15). The number of rotatable bonds is 5. The van der Waals surface area contributed by atoms with Crippen molar-refractivity contribution in [2.45, 2.75) is 38.0 Å². The zero-order valence-electron chi connectivity index (χ0n) is 10.2. The van der Waals surface area contributed by atoms with E-state index in [0.29, 0.717) is 13.1 Å². The van der Waals surface area contributed by atoms with Gasteiger partial charge in [0, 0.05) is 13.1 Å². The maximum Gasteiger partial charge on any atom is 0.405 e. The van der Waals surface area contributed by atoms with Crippen molar-refractivity contribution in [1.82, 2.24) is 4.67 Å². The van der Waals surface area contributed by atoms with Crippen molar-refractivity contribution >= 4 is 19.3 Å². The Bertz CT molecular complexity index is 290. The van der Waals surface area contributed by atoms with Crippen LogP contribution in [0.15, 0.2) is 12.2 Å². The van der Waals surface area contributed by atoms with Crippen LogP contribution in [0.2, 0.25) is 0 Å². The summed E-state index contributed by atoms with van der Waals surface area (Å²) in [5.41, 5.74) is 0. The van der Waals surface area contributed by atoms with Gasteiger partial charge in [0.1, 0.15) is 0 Å².